The van der Waals surface area contributed by atoms with E-state index in [2.05, 4.69) is 47.1 Å². The predicted molar refractivity (Wildman–Crippen MR) is 129 cm³/mol. The maximum absolute atomic E-state index is 6.65. The lowest BCUT2D eigenvalue weighted by Gasteiger charge is -2.45. The highest BCUT2D eigenvalue weighted by molar-refractivity contribution is 5.95. The number of hydrogen-bond acceptors (Lipinski definition) is 7. The van der Waals surface area contributed by atoms with E-state index < -0.39 is 0 Å². The largest absolute Gasteiger partial charge is 0.494 e. The minimum absolute atomic E-state index is 0.438. The molecule has 4 aromatic rings. The third-order valence-electron chi connectivity index (χ3n) is 6.21. The first-order chi connectivity index (χ1) is 15.5. The van der Waals surface area contributed by atoms with Crippen molar-refractivity contribution in [2.24, 2.45) is 0 Å². The smallest absolute Gasteiger partial charge is 0.165 e. The van der Waals surface area contributed by atoms with Crippen LogP contribution in [0.4, 0.5) is 17.1 Å². The second-order valence-electron chi connectivity index (χ2n) is 8.31. The highest BCUT2D eigenvalue weighted by Gasteiger charge is 2.32. The number of hydrogen-bond donors (Lipinski definition) is 2. The Bertz CT molecular complexity index is 1290. The zero-order valence-electron chi connectivity index (χ0n) is 18.5. The quantitative estimate of drug-likeness (QED) is 0.471. The third-order valence-corrected chi connectivity index (χ3v) is 6.21. The minimum Gasteiger partial charge on any atom is -0.494 e. The van der Waals surface area contributed by atoms with E-state index >= 15 is 0 Å². The van der Waals surface area contributed by atoms with Gasteiger partial charge in [0.25, 0.3) is 0 Å². The zero-order valence-corrected chi connectivity index (χ0v) is 18.5. The van der Waals surface area contributed by atoms with Gasteiger partial charge < -0.3 is 30.6 Å². The summed E-state index contributed by atoms with van der Waals surface area (Å²) < 4.78 is 7.61. The molecule has 1 saturated heterocycles. The van der Waals surface area contributed by atoms with Crippen molar-refractivity contribution < 1.29 is 4.74 Å². The van der Waals surface area contributed by atoms with Crippen LogP contribution in [0, 0.1) is 0 Å². The van der Waals surface area contributed by atoms with Crippen LogP contribution in [-0.4, -0.2) is 59.8 Å². The maximum atomic E-state index is 6.65. The number of ether oxygens (including phenoxy) is 1. The summed E-state index contributed by atoms with van der Waals surface area (Å²) in [5.41, 5.74) is 16.7. The number of anilines is 3. The molecule has 2 aromatic heterocycles. The molecule has 1 aliphatic heterocycles. The average Bonchev–Trinajstić information content (AvgIpc) is 3.18. The number of aromatic nitrogens is 3. The molecule has 164 valence electrons. The van der Waals surface area contributed by atoms with Gasteiger partial charge in [-0.25, -0.2) is 9.97 Å². The molecule has 0 radical (unpaired) electrons. The van der Waals surface area contributed by atoms with E-state index in [1.165, 1.54) is 0 Å². The molecule has 32 heavy (non-hydrogen) atoms. The van der Waals surface area contributed by atoms with Gasteiger partial charge in [0.1, 0.15) is 11.6 Å². The Morgan fingerprint density at radius 1 is 1.06 bits per heavy atom. The molecule has 4 N–H and O–H groups in total. The number of benzene rings is 2. The predicted octanol–water partition coefficient (Wildman–Crippen LogP) is 3.01. The number of methoxy groups -OCH3 is 1. The normalized spacial score (nSPS) is 14.2. The first-order valence-corrected chi connectivity index (χ1v) is 10.5. The maximum Gasteiger partial charge on any atom is 0.165 e. The molecule has 3 heterocycles. The average molecular weight is 430 g/mol. The van der Waals surface area contributed by atoms with Crippen molar-refractivity contribution in [1.82, 2.24) is 19.4 Å². The summed E-state index contributed by atoms with van der Waals surface area (Å²) in [6.45, 7) is 1.78. The van der Waals surface area contributed by atoms with Crippen LogP contribution >= 0.6 is 0 Å². The number of nitrogens with two attached hydrogens (primary N) is 2. The van der Waals surface area contributed by atoms with E-state index in [1.54, 1.807) is 13.3 Å². The van der Waals surface area contributed by atoms with Crippen molar-refractivity contribution in [3.05, 3.63) is 54.9 Å². The van der Waals surface area contributed by atoms with Crippen LogP contribution in [0.1, 0.15) is 0 Å². The molecule has 2 aromatic carbocycles. The lowest BCUT2D eigenvalue weighted by Crippen LogP contribution is -2.57. The van der Waals surface area contributed by atoms with E-state index in [9.17, 15) is 0 Å². The summed E-state index contributed by atoms with van der Waals surface area (Å²) in [5.74, 6) is 1.79. The van der Waals surface area contributed by atoms with Gasteiger partial charge in [-0.05, 0) is 37.7 Å². The summed E-state index contributed by atoms with van der Waals surface area (Å²) in [6, 6.07) is 14.5. The van der Waals surface area contributed by atoms with Gasteiger partial charge in [-0.15, -0.1) is 0 Å². The molecule has 0 aliphatic carbocycles. The monoisotopic (exact) mass is 429 g/mol. The van der Waals surface area contributed by atoms with Crippen LogP contribution in [-0.2, 0) is 0 Å². The SMILES string of the molecule is COc1cc(N2CC(N(C)C)C2)c(N)c(-c2nccc(-n3ccc4ccccc43)n2)c1N. The van der Waals surface area contributed by atoms with Crippen LogP contribution in [0.2, 0.25) is 0 Å². The summed E-state index contributed by atoms with van der Waals surface area (Å²) in [4.78, 5) is 13.8. The second-order valence-corrected chi connectivity index (χ2v) is 8.31. The third kappa shape index (κ3) is 3.20. The van der Waals surface area contributed by atoms with Crippen molar-refractivity contribution in [3.63, 3.8) is 0 Å². The van der Waals surface area contributed by atoms with Gasteiger partial charge >= 0.3 is 0 Å². The lowest BCUT2D eigenvalue weighted by atomic mass is 10.0. The van der Waals surface area contributed by atoms with E-state index in [0.717, 1.165) is 35.5 Å². The molecule has 0 spiro atoms. The van der Waals surface area contributed by atoms with Crippen LogP contribution in [0.15, 0.2) is 54.9 Å². The molecular formula is C24H27N7O. The molecule has 1 fully saturated rings. The zero-order chi connectivity index (χ0) is 22.4. The number of rotatable bonds is 5. The van der Waals surface area contributed by atoms with Crippen molar-refractivity contribution in [2.45, 2.75) is 6.04 Å². The number of nitrogens with zero attached hydrogens (tertiary/aromatic N) is 5. The van der Waals surface area contributed by atoms with E-state index in [0.29, 0.717) is 34.6 Å². The Kier molecular flexibility index (Phi) is 4.86. The van der Waals surface area contributed by atoms with Gasteiger partial charge in [-0.2, -0.15) is 0 Å². The van der Waals surface area contributed by atoms with Gasteiger partial charge in [0, 0.05) is 37.6 Å². The highest BCUT2D eigenvalue weighted by Crippen LogP contribution is 2.44. The summed E-state index contributed by atoms with van der Waals surface area (Å²) >= 11 is 0. The Morgan fingerprint density at radius 2 is 1.84 bits per heavy atom. The van der Waals surface area contributed by atoms with Crippen molar-refractivity contribution >= 4 is 28.0 Å². The number of nitrogen functional groups attached to an aromatic ring is 2. The Morgan fingerprint density at radius 3 is 2.59 bits per heavy atom. The van der Waals surface area contributed by atoms with Crippen LogP contribution < -0.4 is 21.1 Å². The van der Waals surface area contributed by atoms with Crippen molar-refractivity contribution in [3.8, 4) is 23.0 Å². The topological polar surface area (TPSA) is 98.5 Å². The van der Waals surface area contributed by atoms with Crippen LogP contribution in [0.3, 0.4) is 0 Å². The fraction of sp³-hybridized carbons (Fsp3) is 0.250. The standard InChI is InChI=1S/C24H27N7O/c1-29(2)16-13-30(14-16)18-12-19(32-3)23(26)21(22(18)25)24-27-10-8-20(28-24)31-11-9-15-6-4-5-7-17(15)31/h4-12,16H,13-14,25-26H2,1-3H3. The van der Waals surface area contributed by atoms with Crippen LogP contribution in [0.25, 0.3) is 28.1 Å². The molecule has 0 unspecified atom stereocenters. The van der Waals surface area contributed by atoms with Crippen molar-refractivity contribution in [1.29, 1.82) is 0 Å². The number of fused-ring (bicyclic) bond motifs is 1. The summed E-state index contributed by atoms with van der Waals surface area (Å²) in [6.07, 6.45) is 3.73. The van der Waals surface area contributed by atoms with Crippen molar-refractivity contribution in [2.75, 3.05) is 50.7 Å². The van der Waals surface area contributed by atoms with E-state index in [4.69, 9.17) is 21.2 Å². The molecule has 5 rings (SSSR count). The molecule has 0 saturated carbocycles. The van der Waals surface area contributed by atoms with Gasteiger partial charge in [-0.1, -0.05) is 18.2 Å². The Labute approximate surface area is 187 Å². The Balaban J connectivity index is 1.60. The lowest BCUT2D eigenvalue weighted by molar-refractivity contribution is 0.247. The summed E-state index contributed by atoms with van der Waals surface area (Å²) in [7, 11) is 5.78. The fourth-order valence-corrected chi connectivity index (χ4v) is 4.21. The fourth-order valence-electron chi connectivity index (χ4n) is 4.21. The molecule has 0 bridgehead atoms. The first kappa shape index (κ1) is 20.1. The summed E-state index contributed by atoms with van der Waals surface area (Å²) in [5, 5.41) is 1.14. The van der Waals surface area contributed by atoms with Gasteiger partial charge in [-0.3, -0.25) is 0 Å². The van der Waals surface area contributed by atoms with Gasteiger partial charge in [0.15, 0.2) is 5.82 Å². The second kappa shape index (κ2) is 7.72. The molecule has 0 atom stereocenters. The molecule has 8 heteroatoms. The number of likely N-dealkylation sites (N-methyl/N-ethyl adjacent to an activating group) is 1. The molecule has 0 amide bonds. The molecule has 1 aliphatic rings. The number of para-hydroxylation sites is 1. The molecule has 8 nitrogen and oxygen atoms in total. The Hall–Kier alpha value is -3.78. The van der Waals surface area contributed by atoms with Gasteiger partial charge in [0.2, 0.25) is 0 Å². The van der Waals surface area contributed by atoms with E-state index in [-0.39, 0.29) is 0 Å². The van der Waals surface area contributed by atoms with Gasteiger partial charge in [0.05, 0.1) is 35.3 Å². The minimum atomic E-state index is 0.438. The van der Waals surface area contributed by atoms with E-state index in [1.807, 2.05) is 35.0 Å². The highest BCUT2D eigenvalue weighted by atomic mass is 16.5. The molecular weight excluding hydrogens is 402 g/mol. The first-order valence-electron chi connectivity index (χ1n) is 10.5. The van der Waals surface area contributed by atoms with Crippen LogP contribution in [0.5, 0.6) is 5.75 Å².